The molecule has 0 radical (unpaired) electrons. The summed E-state index contributed by atoms with van der Waals surface area (Å²) in [6, 6.07) is 6.70. The molecule has 2 aromatic carbocycles. The molecule has 46 heavy (non-hydrogen) atoms. The minimum absolute atomic E-state index is 0.0399. The van der Waals surface area contributed by atoms with Gasteiger partial charge in [-0.15, -0.1) is 0 Å². The molecular weight excluding hydrogens is 616 g/mol. The van der Waals surface area contributed by atoms with Gasteiger partial charge in [0.25, 0.3) is 0 Å². The van der Waals surface area contributed by atoms with Gasteiger partial charge in [0.05, 0.1) is 27.4 Å². The molecule has 0 amide bonds. The number of esters is 1. The molecule has 0 unspecified atom stereocenters. The van der Waals surface area contributed by atoms with Crippen LogP contribution < -0.4 is 14.2 Å². The lowest BCUT2D eigenvalue weighted by Gasteiger charge is -2.42. The van der Waals surface area contributed by atoms with Crippen LogP contribution in [0.15, 0.2) is 36.4 Å². The second-order valence-electron chi connectivity index (χ2n) is 10.6. The third kappa shape index (κ3) is 7.51. The van der Waals surface area contributed by atoms with Gasteiger partial charge < -0.3 is 68.9 Å². The fraction of sp³-hybridized carbons (Fsp3) is 0.467. The summed E-state index contributed by atoms with van der Waals surface area (Å²) in [6.07, 6.45) is -9.09. The Morgan fingerprint density at radius 1 is 1.00 bits per heavy atom. The standard InChI is InChI=1S/C30H36O16/c1-14(32)23-18(34)9-16(10-20(23)41-3)44-28-26(25(37)24(36)21(11-31)45-28)46-29-27(38)30(39,13-43-29)12-42-22(35)7-5-15-4-6-17(33)19(8-15)40-2/h4-10,21,24-29,31,33-34,36-39H,11-13H2,1-3H3/b7-5+/t21-,24-,25+,26-,27+,28-,29+,30-/m1/s1. The number of carbonyl (C=O) groups excluding carboxylic acids is 2. The van der Waals surface area contributed by atoms with Gasteiger partial charge in [0.2, 0.25) is 6.29 Å². The summed E-state index contributed by atoms with van der Waals surface area (Å²) in [5.74, 6) is -1.92. The molecule has 252 valence electrons. The number of hydrogen-bond donors (Lipinski definition) is 7. The molecule has 2 aliphatic rings. The molecule has 2 fully saturated rings. The molecule has 2 heterocycles. The van der Waals surface area contributed by atoms with Gasteiger partial charge in [-0.3, -0.25) is 4.79 Å². The third-order valence-corrected chi connectivity index (χ3v) is 7.38. The summed E-state index contributed by atoms with van der Waals surface area (Å²) in [5, 5.41) is 72.9. The highest BCUT2D eigenvalue weighted by Gasteiger charge is 2.54. The Labute approximate surface area is 262 Å². The van der Waals surface area contributed by atoms with E-state index in [0.717, 1.165) is 12.1 Å². The molecule has 16 heteroatoms. The Bertz CT molecular complexity index is 1430. The van der Waals surface area contributed by atoms with E-state index in [-0.39, 0.29) is 28.6 Å². The summed E-state index contributed by atoms with van der Waals surface area (Å²) >= 11 is 0. The molecule has 0 spiro atoms. The van der Waals surface area contributed by atoms with Crippen LogP contribution >= 0.6 is 0 Å². The first-order chi connectivity index (χ1) is 21.8. The number of methoxy groups -OCH3 is 2. The molecule has 7 N–H and O–H groups in total. The first-order valence-electron chi connectivity index (χ1n) is 13.9. The van der Waals surface area contributed by atoms with Gasteiger partial charge in [-0.05, 0) is 30.7 Å². The fourth-order valence-electron chi connectivity index (χ4n) is 4.85. The van der Waals surface area contributed by atoms with E-state index in [1.807, 2.05) is 0 Å². The van der Waals surface area contributed by atoms with Crippen LogP contribution in [0.1, 0.15) is 22.8 Å². The van der Waals surface area contributed by atoms with Gasteiger partial charge in [0.15, 0.2) is 35.3 Å². The highest BCUT2D eigenvalue weighted by molar-refractivity contribution is 5.99. The summed E-state index contributed by atoms with van der Waals surface area (Å²) in [5.41, 5.74) is -1.77. The van der Waals surface area contributed by atoms with Crippen molar-refractivity contribution in [1.82, 2.24) is 0 Å². The zero-order valence-corrected chi connectivity index (χ0v) is 25.0. The maximum Gasteiger partial charge on any atom is 0.330 e. The SMILES string of the molecule is COc1cc(/C=C/C(=O)OC[C@@]2(O)CO[C@@H](O[C@H]3[C@H](Oc4cc(O)c(C(C)=O)c(OC)c4)O[C@H](CO)[C@@H](O)[C@@H]3O)[C@@H]2O)ccc1O. The maximum atomic E-state index is 12.3. The molecule has 4 rings (SSSR count). The Morgan fingerprint density at radius 2 is 1.72 bits per heavy atom. The van der Waals surface area contributed by atoms with E-state index < -0.39 is 86.0 Å². The number of hydrogen-bond acceptors (Lipinski definition) is 16. The minimum atomic E-state index is -2.15. The molecule has 2 aromatic rings. The number of benzene rings is 2. The quantitative estimate of drug-likeness (QED) is 0.0846. The van der Waals surface area contributed by atoms with Crippen LogP contribution in [0.3, 0.4) is 0 Å². The van der Waals surface area contributed by atoms with Gasteiger partial charge in [0, 0.05) is 18.2 Å². The van der Waals surface area contributed by atoms with Gasteiger partial charge in [-0.2, -0.15) is 0 Å². The van der Waals surface area contributed by atoms with Crippen molar-refractivity contribution in [2.45, 2.75) is 55.6 Å². The highest BCUT2D eigenvalue weighted by Crippen LogP contribution is 2.37. The zero-order chi connectivity index (χ0) is 33.8. The van der Waals surface area contributed by atoms with E-state index in [2.05, 4.69) is 0 Å². The number of carbonyl (C=O) groups is 2. The van der Waals surface area contributed by atoms with Crippen molar-refractivity contribution in [3.05, 3.63) is 47.5 Å². The van der Waals surface area contributed by atoms with E-state index in [4.69, 9.17) is 33.2 Å². The van der Waals surface area contributed by atoms with Crippen molar-refractivity contribution < 1.29 is 78.5 Å². The van der Waals surface area contributed by atoms with Crippen molar-refractivity contribution in [2.24, 2.45) is 0 Å². The second kappa shape index (κ2) is 14.6. The van der Waals surface area contributed by atoms with Crippen molar-refractivity contribution in [3.63, 3.8) is 0 Å². The summed E-state index contributed by atoms with van der Waals surface area (Å²) in [7, 11) is 2.63. The number of phenols is 2. The van der Waals surface area contributed by atoms with E-state index >= 15 is 0 Å². The van der Waals surface area contributed by atoms with Crippen LogP contribution in [0.25, 0.3) is 6.08 Å². The fourth-order valence-corrected chi connectivity index (χ4v) is 4.85. The van der Waals surface area contributed by atoms with Crippen LogP contribution in [-0.2, 0) is 23.7 Å². The van der Waals surface area contributed by atoms with E-state index in [0.29, 0.717) is 5.56 Å². The maximum absolute atomic E-state index is 12.3. The van der Waals surface area contributed by atoms with Crippen LogP contribution in [0, 0.1) is 0 Å². The van der Waals surface area contributed by atoms with Crippen molar-refractivity contribution in [3.8, 4) is 28.7 Å². The number of ketones is 1. The molecule has 0 saturated carbocycles. The average Bonchev–Trinajstić information content (AvgIpc) is 3.31. The van der Waals surface area contributed by atoms with Crippen LogP contribution in [-0.4, -0.2) is 130 Å². The van der Waals surface area contributed by atoms with Crippen LogP contribution in [0.2, 0.25) is 0 Å². The van der Waals surface area contributed by atoms with E-state index in [1.54, 1.807) is 0 Å². The number of aliphatic hydroxyl groups is 5. The smallest absolute Gasteiger partial charge is 0.330 e. The molecule has 16 nitrogen and oxygen atoms in total. The highest BCUT2D eigenvalue weighted by atomic mass is 16.8. The topological polar surface area (TPSA) is 240 Å². The van der Waals surface area contributed by atoms with Crippen LogP contribution in [0.5, 0.6) is 28.7 Å². The number of ether oxygens (including phenoxy) is 7. The first kappa shape index (κ1) is 34.9. The number of aromatic hydroxyl groups is 2. The number of phenolic OH excluding ortho intramolecular Hbond substituents is 2. The van der Waals surface area contributed by atoms with Crippen molar-refractivity contribution >= 4 is 17.8 Å². The zero-order valence-electron chi connectivity index (χ0n) is 25.0. The molecule has 0 bridgehead atoms. The predicted molar refractivity (Wildman–Crippen MR) is 153 cm³/mol. The molecule has 0 aliphatic carbocycles. The Hall–Kier alpha value is -4.00. The van der Waals surface area contributed by atoms with E-state index in [9.17, 15) is 45.3 Å². The Morgan fingerprint density at radius 3 is 2.37 bits per heavy atom. The summed E-state index contributed by atoms with van der Waals surface area (Å²) in [4.78, 5) is 24.2. The summed E-state index contributed by atoms with van der Waals surface area (Å²) < 4.78 is 37.7. The number of Topliss-reactive ketones (excluding diaryl/α,β-unsaturated/α-hetero) is 1. The predicted octanol–water partition coefficient (Wildman–Crippen LogP) is -0.774. The lowest BCUT2D eigenvalue weighted by Crippen LogP contribution is -2.62. The van der Waals surface area contributed by atoms with E-state index in [1.165, 1.54) is 51.5 Å². The first-order valence-corrected chi connectivity index (χ1v) is 13.9. The molecular formula is C30H36O16. The molecule has 2 aliphatic heterocycles. The normalized spacial score (nSPS) is 29.4. The Kier molecular flexibility index (Phi) is 11.1. The van der Waals surface area contributed by atoms with Crippen molar-refractivity contribution in [1.29, 1.82) is 0 Å². The van der Waals surface area contributed by atoms with Crippen molar-refractivity contribution in [2.75, 3.05) is 34.0 Å². The monoisotopic (exact) mass is 652 g/mol. The van der Waals surface area contributed by atoms with Gasteiger partial charge in [0.1, 0.15) is 53.8 Å². The minimum Gasteiger partial charge on any atom is -0.507 e. The lowest BCUT2D eigenvalue weighted by molar-refractivity contribution is -0.318. The average molecular weight is 653 g/mol. The second-order valence-corrected chi connectivity index (χ2v) is 10.6. The van der Waals surface area contributed by atoms with Gasteiger partial charge >= 0.3 is 5.97 Å². The summed E-state index contributed by atoms with van der Waals surface area (Å²) in [6.45, 7) is -0.807. The lowest BCUT2D eigenvalue weighted by atomic mass is 9.98. The Balaban J connectivity index is 1.45. The molecule has 2 saturated heterocycles. The molecule has 8 atom stereocenters. The number of aliphatic hydroxyl groups excluding tert-OH is 4. The molecule has 0 aromatic heterocycles. The third-order valence-electron chi connectivity index (χ3n) is 7.38. The van der Waals surface area contributed by atoms with Gasteiger partial charge in [-0.25, -0.2) is 4.79 Å². The largest absolute Gasteiger partial charge is 0.507 e. The van der Waals surface area contributed by atoms with Gasteiger partial charge in [-0.1, -0.05) is 6.07 Å². The van der Waals surface area contributed by atoms with Crippen LogP contribution in [0.4, 0.5) is 0 Å². The number of rotatable bonds is 12.